The van der Waals surface area contributed by atoms with Crippen LogP contribution in [0.3, 0.4) is 0 Å². The number of likely N-dealkylation sites (N-methyl/N-ethyl adjacent to an activating group) is 1. The van der Waals surface area contributed by atoms with Gasteiger partial charge in [-0.15, -0.1) is 0 Å². The Morgan fingerprint density at radius 1 is 1.58 bits per heavy atom. The van der Waals surface area contributed by atoms with Gasteiger partial charge in [-0.3, -0.25) is 14.9 Å². The first-order valence-electron chi connectivity index (χ1n) is 5.36. The summed E-state index contributed by atoms with van der Waals surface area (Å²) in [6.45, 7) is 0.734. The number of nitrogens with two attached hydrogens (primary N) is 1. The minimum atomic E-state index is -0.673. The Hall–Kier alpha value is -1.86. The smallest absolute Gasteiger partial charge is 0.294 e. The highest BCUT2D eigenvalue weighted by Crippen LogP contribution is 2.31. The third kappa shape index (κ3) is 3.55. The first kappa shape index (κ1) is 15.2. The van der Waals surface area contributed by atoms with Gasteiger partial charge in [-0.1, -0.05) is 11.6 Å². The normalized spacial score (nSPS) is 10.3. The molecule has 1 aromatic carbocycles. The summed E-state index contributed by atoms with van der Waals surface area (Å²) in [7, 11) is 3.08. The highest BCUT2D eigenvalue weighted by Gasteiger charge is 2.21. The number of carbonyl (C=O) groups excluding carboxylic acids is 1. The molecule has 0 saturated carbocycles. The molecule has 0 bridgehead atoms. The molecular weight excluding hydrogens is 274 g/mol. The van der Waals surface area contributed by atoms with Crippen molar-refractivity contribution in [3.05, 3.63) is 32.8 Å². The Morgan fingerprint density at radius 3 is 2.74 bits per heavy atom. The highest BCUT2D eigenvalue weighted by atomic mass is 35.5. The summed E-state index contributed by atoms with van der Waals surface area (Å²) in [5.41, 5.74) is 5.08. The number of nitrogens with zero attached hydrogens (tertiary/aromatic N) is 2. The lowest BCUT2D eigenvalue weighted by molar-refractivity contribution is -0.383. The Kier molecular flexibility index (Phi) is 5.08. The summed E-state index contributed by atoms with van der Waals surface area (Å²) in [5, 5.41) is 10.8. The lowest BCUT2D eigenvalue weighted by atomic mass is 10.1. The zero-order valence-corrected chi connectivity index (χ0v) is 11.3. The number of rotatable bonds is 5. The molecule has 0 atom stereocenters. The standard InChI is InChI=1S/C11H14ClN3O4/c1-14(3-4-19-2)11(16)7-5-8(12)10(13)9(6-7)15(17)18/h5-6H,3-4,13H2,1-2H3. The maximum atomic E-state index is 12.0. The zero-order valence-electron chi connectivity index (χ0n) is 10.6. The van der Waals surface area contributed by atoms with Crippen molar-refractivity contribution in [2.45, 2.75) is 0 Å². The van der Waals surface area contributed by atoms with Gasteiger partial charge in [-0.25, -0.2) is 0 Å². The fourth-order valence-corrected chi connectivity index (χ4v) is 1.64. The van der Waals surface area contributed by atoms with Crippen molar-refractivity contribution in [1.29, 1.82) is 0 Å². The number of nitro groups is 1. The number of methoxy groups -OCH3 is 1. The van der Waals surface area contributed by atoms with Crippen LogP contribution in [-0.2, 0) is 4.74 Å². The quantitative estimate of drug-likeness (QED) is 0.503. The van der Waals surface area contributed by atoms with Crippen LogP contribution in [0.15, 0.2) is 12.1 Å². The lowest BCUT2D eigenvalue weighted by Crippen LogP contribution is -2.30. The van der Waals surface area contributed by atoms with Gasteiger partial charge >= 0.3 is 0 Å². The summed E-state index contributed by atoms with van der Waals surface area (Å²) < 4.78 is 4.86. The Morgan fingerprint density at radius 2 is 2.21 bits per heavy atom. The molecule has 0 aromatic heterocycles. The maximum absolute atomic E-state index is 12.0. The molecule has 1 rings (SSSR count). The molecule has 0 saturated heterocycles. The highest BCUT2D eigenvalue weighted by molar-refractivity contribution is 6.34. The van der Waals surface area contributed by atoms with Gasteiger partial charge in [-0.05, 0) is 6.07 Å². The van der Waals surface area contributed by atoms with Crippen LogP contribution in [0.1, 0.15) is 10.4 Å². The molecule has 1 aromatic rings. The summed E-state index contributed by atoms with van der Waals surface area (Å²) in [6.07, 6.45) is 0. The number of hydrogen-bond acceptors (Lipinski definition) is 5. The number of ether oxygens (including phenoxy) is 1. The van der Waals surface area contributed by atoms with Gasteiger partial charge in [0.25, 0.3) is 11.6 Å². The van der Waals surface area contributed by atoms with E-state index < -0.39 is 4.92 Å². The molecule has 104 valence electrons. The molecule has 0 fully saturated rings. The van der Waals surface area contributed by atoms with Gasteiger partial charge in [0.2, 0.25) is 0 Å². The number of benzene rings is 1. The van der Waals surface area contributed by atoms with E-state index in [0.717, 1.165) is 6.07 Å². The molecular formula is C11H14ClN3O4. The van der Waals surface area contributed by atoms with Gasteiger partial charge < -0.3 is 15.4 Å². The molecule has 0 aliphatic carbocycles. The molecule has 19 heavy (non-hydrogen) atoms. The van der Waals surface area contributed by atoms with Crippen molar-refractivity contribution in [1.82, 2.24) is 4.90 Å². The average Bonchev–Trinajstić information content (AvgIpc) is 2.37. The molecule has 2 N–H and O–H groups in total. The minimum Gasteiger partial charge on any atom is -0.392 e. The van der Waals surface area contributed by atoms with E-state index in [1.807, 2.05) is 0 Å². The van der Waals surface area contributed by atoms with E-state index in [1.165, 1.54) is 18.1 Å². The Balaban J connectivity index is 3.07. The maximum Gasteiger partial charge on any atom is 0.294 e. The fraction of sp³-hybridized carbons (Fsp3) is 0.364. The monoisotopic (exact) mass is 287 g/mol. The van der Waals surface area contributed by atoms with Crippen LogP contribution < -0.4 is 5.73 Å². The van der Waals surface area contributed by atoms with E-state index in [9.17, 15) is 14.9 Å². The second-order valence-electron chi connectivity index (χ2n) is 3.87. The topological polar surface area (TPSA) is 98.7 Å². The van der Waals surface area contributed by atoms with Crippen molar-refractivity contribution in [2.75, 3.05) is 33.0 Å². The van der Waals surface area contributed by atoms with Gasteiger partial charge in [0.15, 0.2) is 0 Å². The van der Waals surface area contributed by atoms with Crippen LogP contribution in [0.5, 0.6) is 0 Å². The number of nitro benzene ring substituents is 1. The molecule has 1 amide bonds. The molecule has 0 radical (unpaired) electrons. The van der Waals surface area contributed by atoms with Gasteiger partial charge in [-0.2, -0.15) is 0 Å². The number of anilines is 1. The third-order valence-electron chi connectivity index (χ3n) is 2.53. The van der Waals surface area contributed by atoms with Crippen LogP contribution in [0.25, 0.3) is 0 Å². The fourth-order valence-electron chi connectivity index (χ4n) is 1.43. The lowest BCUT2D eigenvalue weighted by Gasteiger charge is -2.16. The summed E-state index contributed by atoms with van der Waals surface area (Å²) in [4.78, 5) is 23.6. The van der Waals surface area contributed by atoms with E-state index in [-0.39, 0.29) is 27.9 Å². The van der Waals surface area contributed by atoms with E-state index in [4.69, 9.17) is 22.1 Å². The predicted octanol–water partition coefficient (Wildman–Crippen LogP) is 1.55. The van der Waals surface area contributed by atoms with Gasteiger partial charge in [0.1, 0.15) is 5.69 Å². The van der Waals surface area contributed by atoms with Crippen LogP contribution in [-0.4, -0.2) is 43.0 Å². The summed E-state index contributed by atoms with van der Waals surface area (Å²) in [5.74, 6) is -0.387. The van der Waals surface area contributed by atoms with Crippen molar-refractivity contribution >= 4 is 28.9 Å². The summed E-state index contributed by atoms with van der Waals surface area (Å²) in [6, 6.07) is 2.43. The van der Waals surface area contributed by atoms with Gasteiger partial charge in [0, 0.05) is 32.3 Å². The molecule has 0 aliphatic rings. The van der Waals surface area contributed by atoms with Crippen molar-refractivity contribution in [2.24, 2.45) is 0 Å². The number of amides is 1. The van der Waals surface area contributed by atoms with Crippen molar-refractivity contribution in [3.8, 4) is 0 Å². The van der Waals surface area contributed by atoms with Crippen LogP contribution in [0.2, 0.25) is 5.02 Å². The first-order chi connectivity index (χ1) is 8.88. The Labute approximate surface area is 115 Å². The SMILES string of the molecule is COCCN(C)C(=O)c1cc(Cl)c(N)c([N+](=O)[O-])c1. The second kappa shape index (κ2) is 6.35. The molecule has 0 unspecified atom stereocenters. The predicted molar refractivity (Wildman–Crippen MR) is 71.4 cm³/mol. The van der Waals surface area contributed by atoms with Crippen LogP contribution in [0, 0.1) is 10.1 Å². The third-order valence-corrected chi connectivity index (χ3v) is 2.84. The van der Waals surface area contributed by atoms with E-state index >= 15 is 0 Å². The molecule has 0 heterocycles. The molecule has 0 spiro atoms. The molecule has 7 nitrogen and oxygen atoms in total. The molecule has 8 heteroatoms. The van der Waals surface area contributed by atoms with Crippen molar-refractivity contribution < 1.29 is 14.5 Å². The van der Waals surface area contributed by atoms with Crippen molar-refractivity contribution in [3.63, 3.8) is 0 Å². The number of hydrogen-bond donors (Lipinski definition) is 1. The van der Waals surface area contributed by atoms with Gasteiger partial charge in [0.05, 0.1) is 16.6 Å². The van der Waals surface area contributed by atoms with E-state index in [1.54, 1.807) is 7.05 Å². The van der Waals surface area contributed by atoms with E-state index in [0.29, 0.717) is 13.2 Å². The number of nitrogen functional groups attached to an aromatic ring is 1. The second-order valence-corrected chi connectivity index (χ2v) is 4.27. The largest absolute Gasteiger partial charge is 0.392 e. The first-order valence-corrected chi connectivity index (χ1v) is 5.74. The van der Waals surface area contributed by atoms with Crippen LogP contribution >= 0.6 is 11.6 Å². The molecule has 0 aliphatic heterocycles. The van der Waals surface area contributed by atoms with E-state index in [2.05, 4.69) is 0 Å². The average molecular weight is 288 g/mol. The van der Waals surface area contributed by atoms with Crippen LogP contribution in [0.4, 0.5) is 11.4 Å². The number of halogens is 1. The summed E-state index contributed by atoms with van der Waals surface area (Å²) >= 11 is 5.79. The minimum absolute atomic E-state index is 0.0160. The zero-order chi connectivity index (χ0) is 14.6. The Bertz CT molecular complexity index is 507. The number of carbonyl (C=O) groups is 1.